The molecule has 1 saturated heterocycles. The van der Waals surface area contributed by atoms with Gasteiger partial charge in [0, 0.05) is 12.1 Å². The van der Waals surface area contributed by atoms with Crippen LogP contribution in [0.15, 0.2) is 78.9 Å². The summed E-state index contributed by atoms with van der Waals surface area (Å²) in [5.41, 5.74) is 1.53. The fourth-order valence-electron chi connectivity index (χ4n) is 3.94. The Morgan fingerprint density at radius 2 is 1.76 bits per heavy atom. The fourth-order valence-corrected chi connectivity index (χ4v) is 3.94. The predicted molar refractivity (Wildman–Crippen MR) is 121 cm³/mol. The van der Waals surface area contributed by atoms with Gasteiger partial charge in [0.1, 0.15) is 17.6 Å². The number of ether oxygens (including phenoxy) is 1. The molecule has 3 aromatic carbocycles. The van der Waals surface area contributed by atoms with E-state index >= 15 is 0 Å². The third-order valence-corrected chi connectivity index (χ3v) is 5.65. The van der Waals surface area contributed by atoms with Gasteiger partial charge >= 0.3 is 0 Å². The highest BCUT2D eigenvalue weighted by molar-refractivity contribution is 6.23. The van der Waals surface area contributed by atoms with Crippen molar-refractivity contribution >= 4 is 23.4 Å². The Hall–Kier alpha value is -4.00. The second kappa shape index (κ2) is 9.65. The van der Waals surface area contributed by atoms with Crippen molar-refractivity contribution in [1.29, 1.82) is 0 Å². The van der Waals surface area contributed by atoms with Crippen molar-refractivity contribution in [2.75, 3.05) is 18.6 Å². The van der Waals surface area contributed by atoms with Crippen LogP contribution >= 0.6 is 0 Å². The lowest BCUT2D eigenvalue weighted by Gasteiger charge is -2.28. The van der Waals surface area contributed by atoms with Crippen molar-refractivity contribution in [2.45, 2.75) is 18.9 Å². The van der Waals surface area contributed by atoms with E-state index in [4.69, 9.17) is 4.74 Å². The van der Waals surface area contributed by atoms with Crippen LogP contribution in [0, 0.1) is 5.82 Å². The molecule has 0 aromatic heterocycles. The number of hydrogen-bond acceptors (Lipinski definition) is 4. The van der Waals surface area contributed by atoms with E-state index in [1.807, 2.05) is 30.3 Å². The highest BCUT2D eigenvalue weighted by atomic mass is 19.1. The van der Waals surface area contributed by atoms with Crippen molar-refractivity contribution in [2.24, 2.45) is 0 Å². The van der Waals surface area contributed by atoms with Gasteiger partial charge < -0.3 is 9.64 Å². The van der Waals surface area contributed by atoms with Gasteiger partial charge in [-0.05, 0) is 54.4 Å². The SMILES string of the molecule is COc1ccc(N2C(=O)CC(N(CCc3ccccc3)C(=O)c3cccc(F)c3)C2=O)cc1. The number of amides is 3. The van der Waals surface area contributed by atoms with Crippen LogP contribution in [-0.4, -0.2) is 42.3 Å². The van der Waals surface area contributed by atoms with Crippen molar-refractivity contribution in [1.82, 2.24) is 4.90 Å². The number of carbonyl (C=O) groups is 3. The van der Waals surface area contributed by atoms with Gasteiger partial charge in [0.05, 0.1) is 19.2 Å². The minimum Gasteiger partial charge on any atom is -0.497 e. The summed E-state index contributed by atoms with van der Waals surface area (Å²) in [6, 6.07) is 20.5. The van der Waals surface area contributed by atoms with Crippen LogP contribution in [0.4, 0.5) is 10.1 Å². The minimum absolute atomic E-state index is 0.131. The van der Waals surface area contributed by atoms with E-state index in [2.05, 4.69) is 0 Å². The molecule has 0 N–H and O–H groups in total. The fraction of sp³-hybridized carbons (Fsp3) is 0.192. The van der Waals surface area contributed by atoms with E-state index in [1.165, 1.54) is 30.2 Å². The lowest BCUT2D eigenvalue weighted by Crippen LogP contribution is -2.46. The zero-order chi connectivity index (χ0) is 23.4. The summed E-state index contributed by atoms with van der Waals surface area (Å²) in [5.74, 6) is -1.32. The van der Waals surface area contributed by atoms with Crippen LogP contribution in [0.3, 0.4) is 0 Å². The van der Waals surface area contributed by atoms with Crippen molar-refractivity contribution in [3.8, 4) is 5.75 Å². The van der Waals surface area contributed by atoms with Crippen molar-refractivity contribution in [3.05, 3.63) is 95.8 Å². The monoisotopic (exact) mass is 446 g/mol. The van der Waals surface area contributed by atoms with Gasteiger partial charge in [0.15, 0.2) is 0 Å². The van der Waals surface area contributed by atoms with Crippen LogP contribution < -0.4 is 9.64 Å². The zero-order valence-corrected chi connectivity index (χ0v) is 18.1. The maximum Gasteiger partial charge on any atom is 0.257 e. The number of methoxy groups -OCH3 is 1. The molecule has 1 heterocycles. The Morgan fingerprint density at radius 3 is 2.42 bits per heavy atom. The highest BCUT2D eigenvalue weighted by Gasteiger charge is 2.44. The summed E-state index contributed by atoms with van der Waals surface area (Å²) < 4.78 is 18.9. The van der Waals surface area contributed by atoms with Crippen LogP contribution in [0.25, 0.3) is 0 Å². The summed E-state index contributed by atoms with van der Waals surface area (Å²) in [6.45, 7) is 0.208. The van der Waals surface area contributed by atoms with Gasteiger partial charge in [-0.2, -0.15) is 0 Å². The molecule has 1 unspecified atom stereocenters. The Balaban J connectivity index is 1.63. The molecular weight excluding hydrogens is 423 g/mol. The molecule has 1 atom stereocenters. The molecule has 4 rings (SSSR count). The van der Waals surface area contributed by atoms with Gasteiger partial charge in [-0.3, -0.25) is 14.4 Å². The first-order chi connectivity index (χ1) is 16.0. The maximum absolute atomic E-state index is 13.8. The molecule has 1 fully saturated rings. The first-order valence-electron chi connectivity index (χ1n) is 10.6. The standard InChI is InChI=1S/C26H23FN2O4/c1-33-22-12-10-21(11-13-22)29-24(30)17-23(26(29)32)28(15-14-18-6-3-2-4-7-18)25(31)19-8-5-9-20(27)16-19/h2-13,16,23H,14-15,17H2,1H3. The number of benzene rings is 3. The number of nitrogens with zero attached hydrogens (tertiary/aromatic N) is 2. The predicted octanol–water partition coefficient (Wildman–Crippen LogP) is 3.85. The van der Waals surface area contributed by atoms with Crippen molar-refractivity contribution < 1.29 is 23.5 Å². The quantitative estimate of drug-likeness (QED) is 0.517. The molecule has 0 saturated carbocycles. The van der Waals surface area contributed by atoms with Gasteiger partial charge in [0.25, 0.3) is 11.8 Å². The summed E-state index contributed by atoms with van der Waals surface area (Å²) in [7, 11) is 1.53. The summed E-state index contributed by atoms with van der Waals surface area (Å²) in [4.78, 5) is 42.0. The average molecular weight is 446 g/mol. The molecule has 33 heavy (non-hydrogen) atoms. The molecular formula is C26H23FN2O4. The topological polar surface area (TPSA) is 66.9 Å². The Labute approximate surface area is 191 Å². The van der Waals surface area contributed by atoms with E-state index in [0.29, 0.717) is 17.9 Å². The molecule has 0 radical (unpaired) electrons. The molecule has 168 valence electrons. The largest absolute Gasteiger partial charge is 0.497 e. The molecule has 1 aliphatic rings. The number of imide groups is 1. The van der Waals surface area contributed by atoms with Crippen LogP contribution in [0.1, 0.15) is 22.3 Å². The molecule has 0 bridgehead atoms. The molecule has 0 aliphatic carbocycles. The lowest BCUT2D eigenvalue weighted by molar-refractivity contribution is -0.122. The van der Waals surface area contributed by atoms with E-state index < -0.39 is 29.6 Å². The van der Waals surface area contributed by atoms with E-state index in [9.17, 15) is 18.8 Å². The molecule has 1 aliphatic heterocycles. The van der Waals surface area contributed by atoms with Gasteiger partial charge in [0.2, 0.25) is 5.91 Å². The van der Waals surface area contributed by atoms with Gasteiger partial charge in [-0.15, -0.1) is 0 Å². The number of halogens is 1. The molecule has 0 spiro atoms. The van der Waals surface area contributed by atoms with Crippen LogP contribution in [0.5, 0.6) is 5.75 Å². The maximum atomic E-state index is 13.8. The smallest absolute Gasteiger partial charge is 0.257 e. The van der Waals surface area contributed by atoms with Crippen LogP contribution in [0.2, 0.25) is 0 Å². The van der Waals surface area contributed by atoms with Gasteiger partial charge in [-0.25, -0.2) is 9.29 Å². The Kier molecular flexibility index (Phi) is 6.49. The highest BCUT2D eigenvalue weighted by Crippen LogP contribution is 2.28. The number of hydrogen-bond donors (Lipinski definition) is 0. The van der Waals surface area contributed by atoms with Crippen LogP contribution in [-0.2, 0) is 16.0 Å². The number of anilines is 1. The minimum atomic E-state index is -0.973. The van der Waals surface area contributed by atoms with Crippen molar-refractivity contribution in [3.63, 3.8) is 0 Å². The lowest BCUT2D eigenvalue weighted by atomic mass is 10.1. The first kappa shape index (κ1) is 22.2. The van der Waals surface area contributed by atoms with E-state index in [-0.39, 0.29) is 18.5 Å². The molecule has 3 aromatic rings. The average Bonchev–Trinajstić information content (AvgIpc) is 3.13. The third kappa shape index (κ3) is 4.77. The normalized spacial score (nSPS) is 15.6. The summed E-state index contributed by atoms with van der Waals surface area (Å²) >= 11 is 0. The Morgan fingerprint density at radius 1 is 1.03 bits per heavy atom. The summed E-state index contributed by atoms with van der Waals surface area (Å²) in [6.07, 6.45) is 0.350. The zero-order valence-electron chi connectivity index (χ0n) is 18.1. The summed E-state index contributed by atoms with van der Waals surface area (Å²) in [5, 5.41) is 0. The Bertz CT molecular complexity index is 1160. The molecule has 7 heteroatoms. The first-order valence-corrected chi connectivity index (χ1v) is 10.6. The van der Waals surface area contributed by atoms with E-state index in [1.54, 1.807) is 24.3 Å². The second-order valence-corrected chi connectivity index (χ2v) is 7.73. The second-order valence-electron chi connectivity index (χ2n) is 7.73. The third-order valence-electron chi connectivity index (χ3n) is 5.65. The molecule has 3 amide bonds. The number of carbonyl (C=O) groups excluding carboxylic acids is 3. The number of rotatable bonds is 7. The molecule has 6 nitrogen and oxygen atoms in total. The van der Waals surface area contributed by atoms with E-state index in [0.717, 1.165) is 16.5 Å². The van der Waals surface area contributed by atoms with Gasteiger partial charge in [-0.1, -0.05) is 36.4 Å².